The van der Waals surface area contributed by atoms with E-state index in [9.17, 15) is 0 Å². The first-order chi connectivity index (χ1) is 9.61. The summed E-state index contributed by atoms with van der Waals surface area (Å²) in [5, 5.41) is 3.70. The van der Waals surface area contributed by atoms with E-state index in [2.05, 4.69) is 61.3 Å². The Morgan fingerprint density at radius 2 is 2.00 bits per heavy atom. The van der Waals surface area contributed by atoms with Crippen LogP contribution in [0.3, 0.4) is 0 Å². The molecule has 2 rings (SSSR count). The molecule has 1 aromatic carbocycles. The lowest BCUT2D eigenvalue weighted by atomic mass is 9.93. The number of rotatable bonds is 7. The summed E-state index contributed by atoms with van der Waals surface area (Å²) in [6.07, 6.45) is 3.74. The van der Waals surface area contributed by atoms with E-state index in [0.717, 1.165) is 6.54 Å². The van der Waals surface area contributed by atoms with Crippen molar-refractivity contribution in [1.29, 1.82) is 0 Å². The van der Waals surface area contributed by atoms with E-state index in [1.165, 1.54) is 44.5 Å². The van der Waals surface area contributed by atoms with Crippen molar-refractivity contribution in [2.24, 2.45) is 5.41 Å². The second-order valence-electron chi connectivity index (χ2n) is 6.90. The third kappa shape index (κ3) is 4.60. The Hall–Kier alpha value is -0.860. The highest BCUT2D eigenvalue weighted by molar-refractivity contribution is 5.18. The van der Waals surface area contributed by atoms with Gasteiger partial charge in [-0.15, -0.1) is 0 Å². The molecule has 0 radical (unpaired) electrons. The first kappa shape index (κ1) is 15.5. The molecule has 1 aliphatic rings. The highest BCUT2D eigenvalue weighted by atomic mass is 15.2. The van der Waals surface area contributed by atoms with E-state index >= 15 is 0 Å². The fraction of sp³-hybridized carbons (Fsp3) is 0.667. The van der Waals surface area contributed by atoms with Gasteiger partial charge in [0.05, 0.1) is 0 Å². The number of likely N-dealkylation sites (tertiary alicyclic amines) is 1. The summed E-state index contributed by atoms with van der Waals surface area (Å²) in [7, 11) is 0. The van der Waals surface area contributed by atoms with E-state index in [1.807, 2.05) is 0 Å². The SMILES string of the molecule is CCCNC(CCN1CCC(C)(C)C1)c1ccccc1. The van der Waals surface area contributed by atoms with Gasteiger partial charge in [-0.25, -0.2) is 0 Å². The van der Waals surface area contributed by atoms with Crippen molar-refractivity contribution in [3.05, 3.63) is 35.9 Å². The molecule has 2 heteroatoms. The normalized spacial score (nSPS) is 20.1. The fourth-order valence-electron chi connectivity index (χ4n) is 3.12. The van der Waals surface area contributed by atoms with Crippen LogP contribution in [0.5, 0.6) is 0 Å². The van der Waals surface area contributed by atoms with Gasteiger partial charge in [0.15, 0.2) is 0 Å². The van der Waals surface area contributed by atoms with Gasteiger partial charge in [0.1, 0.15) is 0 Å². The van der Waals surface area contributed by atoms with Crippen molar-refractivity contribution >= 4 is 0 Å². The Morgan fingerprint density at radius 3 is 2.60 bits per heavy atom. The Labute approximate surface area is 124 Å². The maximum atomic E-state index is 3.70. The largest absolute Gasteiger partial charge is 0.310 e. The lowest BCUT2D eigenvalue weighted by molar-refractivity contribution is 0.274. The molecule has 112 valence electrons. The molecule has 2 nitrogen and oxygen atoms in total. The molecule has 20 heavy (non-hydrogen) atoms. The third-order valence-corrected chi connectivity index (χ3v) is 4.33. The van der Waals surface area contributed by atoms with Gasteiger partial charge in [0, 0.05) is 12.6 Å². The van der Waals surface area contributed by atoms with Gasteiger partial charge in [-0.05, 0) is 49.9 Å². The van der Waals surface area contributed by atoms with E-state index < -0.39 is 0 Å². The van der Waals surface area contributed by atoms with E-state index in [4.69, 9.17) is 0 Å². The van der Waals surface area contributed by atoms with Crippen LogP contribution in [0.1, 0.15) is 51.6 Å². The van der Waals surface area contributed by atoms with Crippen molar-refractivity contribution in [1.82, 2.24) is 10.2 Å². The minimum absolute atomic E-state index is 0.500. The van der Waals surface area contributed by atoms with E-state index in [-0.39, 0.29) is 0 Å². The van der Waals surface area contributed by atoms with Crippen molar-refractivity contribution in [3.63, 3.8) is 0 Å². The summed E-state index contributed by atoms with van der Waals surface area (Å²) in [5.74, 6) is 0. The van der Waals surface area contributed by atoms with Crippen LogP contribution in [0.25, 0.3) is 0 Å². The molecule has 0 amide bonds. The third-order valence-electron chi connectivity index (χ3n) is 4.33. The van der Waals surface area contributed by atoms with Crippen molar-refractivity contribution < 1.29 is 0 Å². The second-order valence-corrected chi connectivity index (χ2v) is 6.90. The second kappa shape index (κ2) is 7.24. The molecule has 0 aromatic heterocycles. The van der Waals surface area contributed by atoms with E-state index in [1.54, 1.807) is 0 Å². The maximum absolute atomic E-state index is 3.70. The van der Waals surface area contributed by atoms with E-state index in [0.29, 0.717) is 11.5 Å². The predicted octanol–water partition coefficient (Wildman–Crippen LogP) is 3.85. The van der Waals surface area contributed by atoms with Gasteiger partial charge in [-0.3, -0.25) is 0 Å². The quantitative estimate of drug-likeness (QED) is 0.812. The van der Waals surface area contributed by atoms with Gasteiger partial charge in [-0.2, -0.15) is 0 Å². The average molecular weight is 274 g/mol. The lowest BCUT2D eigenvalue weighted by Crippen LogP contribution is -2.29. The molecule has 1 fully saturated rings. The Kier molecular flexibility index (Phi) is 5.62. The lowest BCUT2D eigenvalue weighted by Gasteiger charge is -2.24. The van der Waals surface area contributed by atoms with Crippen LogP contribution in [-0.4, -0.2) is 31.1 Å². The standard InChI is InChI=1S/C18H30N2/c1-4-12-19-17(16-8-6-5-7-9-16)10-13-20-14-11-18(2,3)15-20/h5-9,17,19H,4,10-15H2,1-3H3. The summed E-state index contributed by atoms with van der Waals surface area (Å²) >= 11 is 0. The molecule has 1 unspecified atom stereocenters. The van der Waals surface area contributed by atoms with Crippen molar-refractivity contribution in [3.8, 4) is 0 Å². The summed E-state index contributed by atoms with van der Waals surface area (Å²) in [5.41, 5.74) is 1.94. The Morgan fingerprint density at radius 1 is 1.25 bits per heavy atom. The Bertz CT molecular complexity index is 386. The van der Waals surface area contributed by atoms with Crippen LogP contribution >= 0.6 is 0 Å². The molecule has 0 bridgehead atoms. The summed E-state index contributed by atoms with van der Waals surface area (Å²) in [6, 6.07) is 11.4. The monoisotopic (exact) mass is 274 g/mol. The van der Waals surface area contributed by atoms with Crippen LogP contribution in [0.4, 0.5) is 0 Å². The number of nitrogens with zero attached hydrogens (tertiary/aromatic N) is 1. The van der Waals surface area contributed by atoms with Gasteiger partial charge in [-0.1, -0.05) is 51.1 Å². The zero-order valence-electron chi connectivity index (χ0n) is 13.4. The van der Waals surface area contributed by atoms with Crippen LogP contribution in [0, 0.1) is 5.41 Å². The molecule has 1 saturated heterocycles. The van der Waals surface area contributed by atoms with Crippen LogP contribution < -0.4 is 5.32 Å². The smallest absolute Gasteiger partial charge is 0.0332 e. The topological polar surface area (TPSA) is 15.3 Å². The highest BCUT2D eigenvalue weighted by Crippen LogP contribution is 2.29. The molecule has 0 aliphatic carbocycles. The predicted molar refractivity (Wildman–Crippen MR) is 86.9 cm³/mol. The first-order valence-electron chi connectivity index (χ1n) is 8.11. The number of hydrogen-bond acceptors (Lipinski definition) is 2. The molecule has 1 aliphatic heterocycles. The van der Waals surface area contributed by atoms with Gasteiger partial charge < -0.3 is 10.2 Å². The zero-order chi connectivity index (χ0) is 14.4. The number of nitrogens with one attached hydrogen (secondary N) is 1. The molecule has 1 N–H and O–H groups in total. The molecule has 0 saturated carbocycles. The van der Waals surface area contributed by atoms with Gasteiger partial charge in [0.25, 0.3) is 0 Å². The number of hydrogen-bond donors (Lipinski definition) is 1. The molecule has 1 heterocycles. The van der Waals surface area contributed by atoms with Crippen LogP contribution in [0.2, 0.25) is 0 Å². The highest BCUT2D eigenvalue weighted by Gasteiger charge is 2.29. The Balaban J connectivity index is 1.88. The van der Waals surface area contributed by atoms with Crippen LogP contribution in [-0.2, 0) is 0 Å². The molecule has 1 atom stereocenters. The summed E-state index contributed by atoms with van der Waals surface area (Å²) < 4.78 is 0. The van der Waals surface area contributed by atoms with Crippen molar-refractivity contribution in [2.75, 3.05) is 26.2 Å². The minimum atomic E-state index is 0.500. The summed E-state index contributed by atoms with van der Waals surface area (Å²) in [4.78, 5) is 2.63. The van der Waals surface area contributed by atoms with Crippen molar-refractivity contribution in [2.45, 2.75) is 46.1 Å². The summed E-state index contributed by atoms with van der Waals surface area (Å²) in [6.45, 7) is 11.8. The zero-order valence-corrected chi connectivity index (χ0v) is 13.4. The number of benzene rings is 1. The fourth-order valence-corrected chi connectivity index (χ4v) is 3.12. The molecule has 1 aromatic rings. The van der Waals surface area contributed by atoms with Crippen LogP contribution in [0.15, 0.2) is 30.3 Å². The minimum Gasteiger partial charge on any atom is -0.310 e. The van der Waals surface area contributed by atoms with Gasteiger partial charge >= 0.3 is 0 Å². The molecular formula is C18H30N2. The molecular weight excluding hydrogens is 244 g/mol. The molecule has 0 spiro atoms. The maximum Gasteiger partial charge on any atom is 0.0332 e. The first-order valence-corrected chi connectivity index (χ1v) is 8.11. The average Bonchev–Trinajstić information content (AvgIpc) is 2.79. The van der Waals surface area contributed by atoms with Gasteiger partial charge in [0.2, 0.25) is 0 Å².